The predicted octanol–water partition coefficient (Wildman–Crippen LogP) is 4.25. The number of nitrogens with one attached hydrogen (secondary N) is 2. The number of para-hydroxylation sites is 1. The molecule has 0 bridgehead atoms. The van der Waals surface area contributed by atoms with Gasteiger partial charge in [0.15, 0.2) is 0 Å². The van der Waals surface area contributed by atoms with Crippen LogP contribution in [-0.2, 0) is 19.6 Å². The van der Waals surface area contributed by atoms with Crippen LogP contribution in [0.2, 0.25) is 0 Å². The Morgan fingerprint density at radius 3 is 2.22 bits per heavy atom. The first kappa shape index (κ1) is 26.5. The molecule has 7 nitrogen and oxygen atoms in total. The van der Waals surface area contributed by atoms with E-state index in [4.69, 9.17) is 0 Å². The highest BCUT2D eigenvalue weighted by atomic mass is 32.2. The van der Waals surface area contributed by atoms with Crippen LogP contribution in [0.3, 0.4) is 0 Å². The minimum absolute atomic E-state index is 0.00528. The van der Waals surface area contributed by atoms with E-state index in [1.807, 2.05) is 19.1 Å². The number of nitrogens with zero attached hydrogens (tertiary/aromatic N) is 1. The molecule has 3 aromatic carbocycles. The molecule has 3 aromatic rings. The number of aryl methyl sites for hydroxylation is 1. The van der Waals surface area contributed by atoms with Crippen LogP contribution in [0.1, 0.15) is 42.9 Å². The zero-order valence-corrected chi connectivity index (χ0v) is 21.4. The molecule has 37 heavy (non-hydrogen) atoms. The summed E-state index contributed by atoms with van der Waals surface area (Å²) < 4.78 is 42.9. The third kappa shape index (κ3) is 6.42. The Morgan fingerprint density at radius 1 is 0.946 bits per heavy atom. The molecule has 0 aromatic heterocycles. The first-order valence-corrected chi connectivity index (χ1v) is 13.7. The topological polar surface area (TPSA) is 95.6 Å². The normalized spacial score (nSPS) is 14.8. The third-order valence-corrected chi connectivity index (χ3v) is 7.87. The van der Waals surface area contributed by atoms with Crippen molar-refractivity contribution >= 4 is 27.5 Å². The van der Waals surface area contributed by atoms with Crippen LogP contribution >= 0.6 is 0 Å². The van der Waals surface area contributed by atoms with Gasteiger partial charge < -0.3 is 5.32 Å². The highest BCUT2D eigenvalue weighted by molar-refractivity contribution is 7.89. The SMILES string of the molecule is Cc1ccc([C@@H](C(=O)NC2CCCC2)N(C(=O)CNS(=O)(=O)c2ccccc2)c2ccccc2F)cc1. The molecule has 0 aliphatic heterocycles. The highest BCUT2D eigenvalue weighted by Crippen LogP contribution is 2.31. The predicted molar refractivity (Wildman–Crippen MR) is 140 cm³/mol. The Morgan fingerprint density at radius 2 is 1.57 bits per heavy atom. The minimum Gasteiger partial charge on any atom is -0.351 e. The number of amides is 2. The van der Waals surface area contributed by atoms with E-state index in [9.17, 15) is 18.0 Å². The lowest BCUT2D eigenvalue weighted by Crippen LogP contribution is -2.49. The maximum absolute atomic E-state index is 15.1. The Labute approximate surface area is 216 Å². The van der Waals surface area contributed by atoms with Crippen molar-refractivity contribution in [2.45, 2.75) is 49.6 Å². The summed E-state index contributed by atoms with van der Waals surface area (Å²) in [5.41, 5.74) is 1.33. The van der Waals surface area contributed by atoms with Crippen molar-refractivity contribution < 1.29 is 22.4 Å². The number of hydrogen-bond acceptors (Lipinski definition) is 4. The first-order valence-electron chi connectivity index (χ1n) is 12.2. The summed E-state index contributed by atoms with van der Waals surface area (Å²) in [6, 6.07) is 19.1. The molecule has 9 heteroatoms. The highest BCUT2D eigenvalue weighted by Gasteiger charge is 2.35. The van der Waals surface area contributed by atoms with Gasteiger partial charge in [-0.05, 0) is 49.6 Å². The van der Waals surface area contributed by atoms with E-state index < -0.39 is 40.2 Å². The van der Waals surface area contributed by atoms with Crippen molar-refractivity contribution in [2.24, 2.45) is 0 Å². The molecule has 0 unspecified atom stereocenters. The average Bonchev–Trinajstić information content (AvgIpc) is 3.41. The van der Waals surface area contributed by atoms with Crippen LogP contribution in [-0.4, -0.2) is 32.8 Å². The molecule has 1 saturated carbocycles. The van der Waals surface area contributed by atoms with E-state index in [1.165, 1.54) is 30.3 Å². The molecule has 1 aliphatic carbocycles. The van der Waals surface area contributed by atoms with Crippen LogP contribution in [0, 0.1) is 12.7 Å². The zero-order valence-electron chi connectivity index (χ0n) is 20.6. The molecule has 0 heterocycles. The van der Waals surface area contributed by atoms with Gasteiger partial charge in [0, 0.05) is 6.04 Å². The number of carbonyl (C=O) groups excluding carboxylic acids is 2. The second kappa shape index (κ2) is 11.7. The van der Waals surface area contributed by atoms with Crippen LogP contribution < -0.4 is 14.9 Å². The van der Waals surface area contributed by atoms with Crippen molar-refractivity contribution in [2.75, 3.05) is 11.4 Å². The number of carbonyl (C=O) groups is 2. The Balaban J connectivity index is 1.71. The van der Waals surface area contributed by atoms with Crippen molar-refractivity contribution in [1.82, 2.24) is 10.0 Å². The fraction of sp³-hybridized carbons (Fsp3) is 0.286. The molecule has 4 rings (SSSR count). The van der Waals surface area contributed by atoms with E-state index >= 15 is 4.39 Å². The molecule has 0 saturated heterocycles. The zero-order chi connectivity index (χ0) is 26.4. The Kier molecular flexibility index (Phi) is 8.35. The summed E-state index contributed by atoms with van der Waals surface area (Å²) >= 11 is 0. The average molecular weight is 524 g/mol. The molecule has 0 spiro atoms. The van der Waals surface area contributed by atoms with Gasteiger partial charge >= 0.3 is 0 Å². The van der Waals surface area contributed by atoms with Crippen molar-refractivity contribution in [3.8, 4) is 0 Å². The number of benzene rings is 3. The van der Waals surface area contributed by atoms with Gasteiger partial charge in [0.1, 0.15) is 11.9 Å². The minimum atomic E-state index is -4.01. The largest absolute Gasteiger partial charge is 0.351 e. The van der Waals surface area contributed by atoms with E-state index in [0.717, 1.165) is 36.1 Å². The second-order valence-electron chi connectivity index (χ2n) is 9.16. The van der Waals surface area contributed by atoms with E-state index in [1.54, 1.807) is 36.4 Å². The fourth-order valence-electron chi connectivity index (χ4n) is 4.51. The molecule has 1 atom stereocenters. The van der Waals surface area contributed by atoms with Gasteiger partial charge in [0.05, 0.1) is 17.1 Å². The number of rotatable bonds is 9. The van der Waals surface area contributed by atoms with E-state index in [2.05, 4.69) is 10.0 Å². The molecule has 1 fully saturated rings. The van der Waals surface area contributed by atoms with Gasteiger partial charge in [-0.15, -0.1) is 0 Å². The Bertz CT molecular complexity index is 1340. The third-order valence-electron chi connectivity index (χ3n) is 6.45. The second-order valence-corrected chi connectivity index (χ2v) is 10.9. The Hall–Kier alpha value is -3.56. The monoisotopic (exact) mass is 523 g/mol. The molecule has 194 valence electrons. The van der Waals surface area contributed by atoms with Gasteiger partial charge in [0.2, 0.25) is 21.8 Å². The lowest BCUT2D eigenvalue weighted by atomic mass is 10.0. The summed E-state index contributed by atoms with van der Waals surface area (Å²) in [5.74, 6) is -1.91. The van der Waals surface area contributed by atoms with Gasteiger partial charge in [-0.2, -0.15) is 0 Å². The number of sulfonamides is 1. The maximum atomic E-state index is 15.1. The van der Waals surface area contributed by atoms with Crippen LogP contribution in [0.4, 0.5) is 10.1 Å². The summed E-state index contributed by atoms with van der Waals surface area (Å²) in [5, 5.41) is 3.02. The van der Waals surface area contributed by atoms with Crippen molar-refractivity contribution in [1.29, 1.82) is 0 Å². The van der Waals surface area contributed by atoms with E-state index in [0.29, 0.717) is 5.56 Å². The van der Waals surface area contributed by atoms with Gasteiger partial charge in [-0.25, -0.2) is 17.5 Å². The van der Waals surface area contributed by atoms with Gasteiger partial charge in [-0.1, -0.05) is 73.0 Å². The summed E-state index contributed by atoms with van der Waals surface area (Å²) in [4.78, 5) is 28.4. The standard InChI is InChI=1S/C28H30FN3O4S/c1-20-15-17-21(18-16-20)27(28(34)31-22-9-5-6-10-22)32(25-14-8-7-13-24(25)29)26(33)19-30-37(35,36)23-11-3-2-4-12-23/h2-4,7-8,11-18,22,27,30H,5-6,9-10,19H2,1H3,(H,31,34)/t27-/m0/s1. The molecule has 1 aliphatic rings. The maximum Gasteiger partial charge on any atom is 0.248 e. The van der Waals surface area contributed by atoms with Crippen LogP contribution in [0.5, 0.6) is 0 Å². The molecular formula is C28H30FN3O4S. The molecular weight excluding hydrogens is 493 g/mol. The fourth-order valence-corrected chi connectivity index (χ4v) is 5.50. The summed E-state index contributed by atoms with van der Waals surface area (Å²) in [7, 11) is -4.01. The smallest absolute Gasteiger partial charge is 0.248 e. The first-order chi connectivity index (χ1) is 17.8. The van der Waals surface area contributed by atoms with Gasteiger partial charge in [-0.3, -0.25) is 14.5 Å². The summed E-state index contributed by atoms with van der Waals surface area (Å²) in [6.07, 6.45) is 3.66. The van der Waals surface area contributed by atoms with Crippen LogP contribution in [0.15, 0.2) is 83.8 Å². The molecule has 2 amide bonds. The van der Waals surface area contributed by atoms with E-state index in [-0.39, 0.29) is 16.6 Å². The molecule has 0 radical (unpaired) electrons. The number of anilines is 1. The van der Waals surface area contributed by atoms with Crippen molar-refractivity contribution in [3.05, 3.63) is 95.8 Å². The van der Waals surface area contributed by atoms with Crippen LogP contribution in [0.25, 0.3) is 0 Å². The number of hydrogen-bond donors (Lipinski definition) is 2. The number of halogens is 1. The summed E-state index contributed by atoms with van der Waals surface area (Å²) in [6.45, 7) is 1.24. The van der Waals surface area contributed by atoms with Crippen molar-refractivity contribution in [3.63, 3.8) is 0 Å². The lowest BCUT2D eigenvalue weighted by Gasteiger charge is -2.32. The molecule has 2 N–H and O–H groups in total. The van der Waals surface area contributed by atoms with Gasteiger partial charge in [0.25, 0.3) is 0 Å². The quantitative estimate of drug-likeness (QED) is 0.439. The lowest BCUT2D eigenvalue weighted by molar-refractivity contribution is -0.126.